The van der Waals surface area contributed by atoms with E-state index in [9.17, 15) is 9.59 Å². The molecule has 0 bridgehead atoms. The maximum absolute atomic E-state index is 13.1. The van der Waals surface area contributed by atoms with Gasteiger partial charge in [-0.2, -0.15) is 0 Å². The van der Waals surface area contributed by atoms with E-state index in [-0.39, 0.29) is 24.8 Å². The van der Waals surface area contributed by atoms with E-state index in [0.717, 1.165) is 0 Å². The summed E-state index contributed by atoms with van der Waals surface area (Å²) in [5, 5.41) is 2.25. The molecular weight excluding hydrogens is 384 g/mol. The number of rotatable bonds is 10. The predicted octanol–water partition coefficient (Wildman–Crippen LogP) is 2.63. The van der Waals surface area contributed by atoms with Gasteiger partial charge in [0.05, 0.1) is 34.0 Å². The Balaban J connectivity index is 2.23. The summed E-state index contributed by atoms with van der Waals surface area (Å²) in [7, 11) is 4.62. The minimum Gasteiger partial charge on any atom is -0.497 e. The molecule has 152 valence electrons. The van der Waals surface area contributed by atoms with Crippen LogP contribution in [-0.4, -0.2) is 62.8 Å². The first-order valence-electron chi connectivity index (χ1n) is 8.65. The maximum atomic E-state index is 13.1. The van der Waals surface area contributed by atoms with E-state index in [1.54, 1.807) is 42.5 Å². The van der Waals surface area contributed by atoms with Crippen molar-refractivity contribution in [2.24, 2.45) is 0 Å². The van der Waals surface area contributed by atoms with Crippen molar-refractivity contribution in [2.75, 3.05) is 41.1 Å². The minimum atomic E-state index is -0.475. The molecular formula is C19H24N2O6S. The quantitative estimate of drug-likeness (QED) is 0.559. The van der Waals surface area contributed by atoms with E-state index < -0.39 is 5.97 Å². The molecule has 0 unspecified atom stereocenters. The molecule has 2 rings (SSSR count). The third kappa shape index (κ3) is 5.67. The summed E-state index contributed by atoms with van der Waals surface area (Å²) in [6, 6.07) is 5.00. The molecule has 0 N–H and O–H groups in total. The molecule has 28 heavy (non-hydrogen) atoms. The molecule has 1 heterocycles. The summed E-state index contributed by atoms with van der Waals surface area (Å²) >= 11 is 1.30. The van der Waals surface area contributed by atoms with Crippen LogP contribution in [0.2, 0.25) is 0 Å². The Morgan fingerprint density at radius 3 is 2.36 bits per heavy atom. The van der Waals surface area contributed by atoms with Gasteiger partial charge in [0.1, 0.15) is 16.5 Å². The molecule has 9 heteroatoms. The van der Waals surface area contributed by atoms with Crippen molar-refractivity contribution in [3.05, 3.63) is 39.8 Å². The summed E-state index contributed by atoms with van der Waals surface area (Å²) < 4.78 is 20.6. The lowest BCUT2D eigenvalue weighted by Crippen LogP contribution is -2.33. The fourth-order valence-electron chi connectivity index (χ4n) is 2.41. The van der Waals surface area contributed by atoms with E-state index >= 15 is 0 Å². The summed E-state index contributed by atoms with van der Waals surface area (Å²) in [6.07, 6.45) is 0. The number of hydrogen-bond donors (Lipinski definition) is 0. The highest BCUT2D eigenvalue weighted by molar-refractivity contribution is 7.09. The lowest BCUT2D eigenvalue weighted by atomic mass is 10.1. The molecule has 0 aliphatic carbocycles. The van der Waals surface area contributed by atoms with Crippen LogP contribution >= 0.6 is 11.3 Å². The molecule has 0 aliphatic heterocycles. The first kappa shape index (κ1) is 21.6. The van der Waals surface area contributed by atoms with Crippen LogP contribution in [0.5, 0.6) is 11.5 Å². The molecule has 0 spiro atoms. The lowest BCUT2D eigenvalue weighted by Gasteiger charge is -2.22. The van der Waals surface area contributed by atoms with Crippen LogP contribution in [0, 0.1) is 0 Å². The Kier molecular flexibility index (Phi) is 8.21. The van der Waals surface area contributed by atoms with E-state index in [1.807, 2.05) is 0 Å². The molecule has 1 amide bonds. The maximum Gasteiger partial charge on any atom is 0.357 e. The van der Waals surface area contributed by atoms with Crippen molar-refractivity contribution < 1.29 is 28.5 Å². The zero-order valence-corrected chi connectivity index (χ0v) is 17.2. The SMILES string of the molecule is CCOC(=O)c1csc(CN(CCOC)C(=O)c2cc(OC)cc(OC)c2)n1. The number of carbonyl (C=O) groups excluding carboxylic acids is 2. The third-order valence-electron chi connectivity index (χ3n) is 3.81. The number of nitrogens with zero attached hydrogens (tertiary/aromatic N) is 2. The molecule has 0 radical (unpaired) electrons. The molecule has 0 fully saturated rings. The zero-order chi connectivity index (χ0) is 20.5. The highest BCUT2D eigenvalue weighted by Gasteiger charge is 2.20. The topological polar surface area (TPSA) is 87.2 Å². The number of esters is 1. The number of amides is 1. The van der Waals surface area contributed by atoms with E-state index in [4.69, 9.17) is 18.9 Å². The van der Waals surface area contributed by atoms with Crippen molar-refractivity contribution in [1.29, 1.82) is 0 Å². The third-order valence-corrected chi connectivity index (χ3v) is 4.65. The van der Waals surface area contributed by atoms with Gasteiger partial charge in [0.15, 0.2) is 5.69 Å². The van der Waals surface area contributed by atoms with Gasteiger partial charge in [0, 0.05) is 30.7 Å². The molecule has 8 nitrogen and oxygen atoms in total. The number of aromatic nitrogens is 1. The number of hydrogen-bond acceptors (Lipinski definition) is 8. The molecule has 0 saturated heterocycles. The molecule has 2 aromatic rings. The first-order chi connectivity index (χ1) is 13.5. The summed E-state index contributed by atoms with van der Waals surface area (Å²) in [5.74, 6) is 0.348. The predicted molar refractivity (Wildman–Crippen MR) is 104 cm³/mol. The van der Waals surface area contributed by atoms with Crippen LogP contribution in [-0.2, 0) is 16.0 Å². The molecule has 1 aromatic carbocycles. The Morgan fingerprint density at radius 1 is 1.11 bits per heavy atom. The average Bonchev–Trinajstić information content (AvgIpc) is 3.19. The molecule has 1 aromatic heterocycles. The molecule has 0 saturated carbocycles. The van der Waals surface area contributed by atoms with Gasteiger partial charge in [0.25, 0.3) is 5.91 Å². The lowest BCUT2D eigenvalue weighted by molar-refractivity contribution is 0.0520. The van der Waals surface area contributed by atoms with E-state index in [2.05, 4.69) is 4.98 Å². The second-order valence-corrected chi connectivity index (χ2v) is 6.61. The van der Waals surface area contributed by atoms with Gasteiger partial charge in [-0.3, -0.25) is 4.79 Å². The zero-order valence-electron chi connectivity index (χ0n) is 16.4. The fourth-order valence-corrected chi connectivity index (χ4v) is 3.19. The number of methoxy groups -OCH3 is 3. The Labute approximate surface area is 168 Å². The van der Waals surface area contributed by atoms with Gasteiger partial charge < -0.3 is 23.8 Å². The summed E-state index contributed by atoms with van der Waals surface area (Å²) in [4.78, 5) is 30.8. The summed E-state index contributed by atoms with van der Waals surface area (Å²) in [5.41, 5.74) is 0.665. The molecule has 0 aliphatic rings. The van der Waals surface area contributed by atoms with Crippen LogP contribution in [0.15, 0.2) is 23.6 Å². The van der Waals surface area contributed by atoms with E-state index in [1.165, 1.54) is 25.6 Å². The average molecular weight is 408 g/mol. The van der Waals surface area contributed by atoms with Crippen molar-refractivity contribution in [2.45, 2.75) is 13.5 Å². The smallest absolute Gasteiger partial charge is 0.357 e. The monoisotopic (exact) mass is 408 g/mol. The van der Waals surface area contributed by atoms with Crippen molar-refractivity contribution in [3.63, 3.8) is 0 Å². The second kappa shape index (κ2) is 10.6. The van der Waals surface area contributed by atoms with Crippen molar-refractivity contribution in [3.8, 4) is 11.5 Å². The number of benzene rings is 1. The first-order valence-corrected chi connectivity index (χ1v) is 9.53. The van der Waals surface area contributed by atoms with Gasteiger partial charge >= 0.3 is 5.97 Å². The second-order valence-electron chi connectivity index (χ2n) is 5.67. The fraction of sp³-hybridized carbons (Fsp3) is 0.421. The Morgan fingerprint density at radius 2 is 1.79 bits per heavy atom. The van der Waals surface area contributed by atoms with Gasteiger partial charge in [-0.1, -0.05) is 0 Å². The van der Waals surface area contributed by atoms with Gasteiger partial charge in [-0.15, -0.1) is 11.3 Å². The van der Waals surface area contributed by atoms with Crippen LogP contribution in [0.3, 0.4) is 0 Å². The van der Waals surface area contributed by atoms with Crippen LogP contribution in [0.4, 0.5) is 0 Å². The Bertz CT molecular complexity index is 785. The number of carbonyl (C=O) groups is 2. The minimum absolute atomic E-state index is 0.220. The standard InChI is InChI=1S/C19H24N2O6S/c1-5-27-19(23)16-12-28-17(20-16)11-21(6-7-24-2)18(22)13-8-14(25-3)10-15(9-13)26-4/h8-10,12H,5-7,11H2,1-4H3. The largest absolute Gasteiger partial charge is 0.497 e. The molecule has 0 atom stereocenters. The van der Waals surface area contributed by atoms with Gasteiger partial charge in [0.2, 0.25) is 0 Å². The van der Waals surface area contributed by atoms with Crippen LogP contribution < -0.4 is 9.47 Å². The Hall–Kier alpha value is -2.65. The van der Waals surface area contributed by atoms with Crippen molar-refractivity contribution >= 4 is 23.2 Å². The highest BCUT2D eigenvalue weighted by Crippen LogP contribution is 2.24. The summed E-state index contributed by atoms with van der Waals surface area (Å²) in [6.45, 7) is 2.98. The normalized spacial score (nSPS) is 10.4. The van der Waals surface area contributed by atoms with Crippen LogP contribution in [0.25, 0.3) is 0 Å². The van der Waals surface area contributed by atoms with Crippen LogP contribution in [0.1, 0.15) is 32.8 Å². The van der Waals surface area contributed by atoms with Gasteiger partial charge in [-0.25, -0.2) is 9.78 Å². The van der Waals surface area contributed by atoms with Gasteiger partial charge in [-0.05, 0) is 19.1 Å². The van der Waals surface area contributed by atoms with Crippen molar-refractivity contribution in [1.82, 2.24) is 9.88 Å². The van der Waals surface area contributed by atoms with E-state index in [0.29, 0.717) is 35.2 Å². The highest BCUT2D eigenvalue weighted by atomic mass is 32.1. The number of ether oxygens (including phenoxy) is 4. The number of thiazole rings is 1.